The Hall–Kier alpha value is -3.30. The van der Waals surface area contributed by atoms with E-state index < -0.39 is 0 Å². The van der Waals surface area contributed by atoms with Gasteiger partial charge >= 0.3 is 0 Å². The number of rotatable bonds is 1. The SMILES string of the molecule is COc1cccc2c1OCc1cn(nn1)CCOc1ccc(Cl)cc1C(=O)N1CCN(C2)CC1C. The van der Waals surface area contributed by atoms with E-state index in [-0.39, 0.29) is 18.6 Å². The van der Waals surface area contributed by atoms with Crippen LogP contribution in [0.3, 0.4) is 0 Å². The summed E-state index contributed by atoms with van der Waals surface area (Å²) in [5.41, 5.74) is 2.20. The van der Waals surface area contributed by atoms with Crippen LogP contribution in [0.2, 0.25) is 5.02 Å². The molecular formula is C25H28ClN5O4. The number of piperazine rings is 1. The van der Waals surface area contributed by atoms with Gasteiger partial charge in [-0.05, 0) is 31.2 Å². The highest BCUT2D eigenvalue weighted by Crippen LogP contribution is 2.33. The minimum absolute atomic E-state index is 0.0154. The van der Waals surface area contributed by atoms with Crippen molar-refractivity contribution in [1.82, 2.24) is 24.8 Å². The highest BCUT2D eigenvalue weighted by molar-refractivity contribution is 6.31. The van der Waals surface area contributed by atoms with Crippen LogP contribution < -0.4 is 14.2 Å². The predicted molar refractivity (Wildman–Crippen MR) is 130 cm³/mol. The van der Waals surface area contributed by atoms with Crippen molar-refractivity contribution in [2.45, 2.75) is 32.7 Å². The molecule has 2 atom stereocenters. The molecule has 0 N–H and O–H groups in total. The average Bonchev–Trinajstić information content (AvgIpc) is 3.31. The fraction of sp³-hybridized carbons (Fsp3) is 0.400. The summed E-state index contributed by atoms with van der Waals surface area (Å²) in [5, 5.41) is 8.90. The number of methoxy groups -OCH3 is 1. The Morgan fingerprint density at radius 1 is 1.14 bits per heavy atom. The lowest BCUT2D eigenvalue weighted by Gasteiger charge is -2.40. The van der Waals surface area contributed by atoms with Crippen LogP contribution in [0.15, 0.2) is 42.6 Å². The van der Waals surface area contributed by atoms with Gasteiger partial charge in [0.2, 0.25) is 0 Å². The first kappa shape index (κ1) is 23.4. The first-order valence-corrected chi connectivity index (χ1v) is 12.0. The van der Waals surface area contributed by atoms with Crippen LogP contribution >= 0.6 is 11.6 Å². The Balaban J connectivity index is 1.48. The van der Waals surface area contributed by atoms with Crippen molar-refractivity contribution in [1.29, 1.82) is 0 Å². The Morgan fingerprint density at radius 3 is 2.86 bits per heavy atom. The summed E-state index contributed by atoms with van der Waals surface area (Å²) in [4.78, 5) is 17.8. The Morgan fingerprint density at radius 2 is 2.03 bits per heavy atom. The molecule has 3 aromatic rings. The van der Waals surface area contributed by atoms with Gasteiger partial charge in [-0.1, -0.05) is 28.9 Å². The summed E-state index contributed by atoms with van der Waals surface area (Å²) in [6.07, 6.45) is 1.83. The Kier molecular flexibility index (Phi) is 6.79. The maximum atomic E-state index is 13.5. The quantitative estimate of drug-likeness (QED) is 0.510. The normalized spacial score (nSPS) is 20.7. The summed E-state index contributed by atoms with van der Waals surface area (Å²) in [6.45, 7) is 5.88. The third kappa shape index (κ3) is 5.06. The molecule has 2 aromatic carbocycles. The number of ether oxygens (including phenoxy) is 3. The molecule has 0 saturated carbocycles. The Bertz CT molecular complexity index is 1220. The average molecular weight is 498 g/mol. The first-order chi connectivity index (χ1) is 17.0. The van der Waals surface area contributed by atoms with E-state index in [0.29, 0.717) is 59.8 Å². The highest BCUT2D eigenvalue weighted by atomic mass is 35.5. The minimum atomic E-state index is -0.0794. The summed E-state index contributed by atoms with van der Waals surface area (Å²) >= 11 is 6.25. The molecule has 4 bridgehead atoms. The molecule has 1 amide bonds. The second-order valence-corrected chi connectivity index (χ2v) is 9.22. The zero-order valence-corrected chi connectivity index (χ0v) is 20.6. The molecule has 3 aliphatic heterocycles. The predicted octanol–water partition coefficient (Wildman–Crippen LogP) is 3.26. The highest BCUT2D eigenvalue weighted by Gasteiger charge is 2.30. The number of nitrogens with zero attached hydrogens (tertiary/aromatic N) is 5. The zero-order chi connectivity index (χ0) is 24.4. The summed E-state index contributed by atoms with van der Waals surface area (Å²) in [6, 6.07) is 11.1. The van der Waals surface area contributed by atoms with Crippen molar-refractivity contribution in [2.75, 3.05) is 33.4 Å². The molecule has 1 saturated heterocycles. The molecule has 35 heavy (non-hydrogen) atoms. The number of hydrogen-bond acceptors (Lipinski definition) is 7. The van der Waals surface area contributed by atoms with Crippen molar-refractivity contribution in [3.05, 3.63) is 64.4 Å². The van der Waals surface area contributed by atoms with Gasteiger partial charge in [-0.2, -0.15) is 0 Å². The summed E-state index contributed by atoms with van der Waals surface area (Å²) < 4.78 is 19.4. The number of para-hydroxylation sites is 1. The van der Waals surface area contributed by atoms with Crippen molar-refractivity contribution in [2.24, 2.45) is 0 Å². The Labute approximate surface area is 209 Å². The van der Waals surface area contributed by atoms with Gasteiger partial charge in [0, 0.05) is 42.8 Å². The molecule has 184 valence electrons. The van der Waals surface area contributed by atoms with Crippen LogP contribution in [0.4, 0.5) is 0 Å². The maximum absolute atomic E-state index is 13.5. The van der Waals surface area contributed by atoms with E-state index in [1.54, 1.807) is 30.0 Å². The molecular weight excluding hydrogens is 470 g/mol. The largest absolute Gasteiger partial charge is 0.493 e. The van der Waals surface area contributed by atoms with Crippen molar-refractivity contribution < 1.29 is 19.0 Å². The van der Waals surface area contributed by atoms with E-state index in [1.165, 1.54) is 0 Å². The number of aromatic nitrogens is 3. The molecule has 1 fully saturated rings. The van der Waals surface area contributed by atoms with Crippen LogP contribution in [0.5, 0.6) is 17.2 Å². The topological polar surface area (TPSA) is 81.9 Å². The third-order valence-corrected chi connectivity index (χ3v) is 6.58. The minimum Gasteiger partial charge on any atom is -0.493 e. The number of hydrogen-bond donors (Lipinski definition) is 0. The van der Waals surface area contributed by atoms with E-state index in [1.807, 2.05) is 29.3 Å². The number of carbonyl (C=O) groups is 1. The van der Waals surface area contributed by atoms with Gasteiger partial charge in [0.25, 0.3) is 5.91 Å². The smallest absolute Gasteiger partial charge is 0.258 e. The van der Waals surface area contributed by atoms with E-state index in [0.717, 1.165) is 18.7 Å². The number of amides is 1. The van der Waals surface area contributed by atoms with E-state index in [9.17, 15) is 4.79 Å². The van der Waals surface area contributed by atoms with Gasteiger partial charge in [-0.3, -0.25) is 9.69 Å². The maximum Gasteiger partial charge on any atom is 0.258 e. The lowest BCUT2D eigenvalue weighted by Crippen LogP contribution is -2.53. The van der Waals surface area contributed by atoms with Crippen LogP contribution in [0, 0.1) is 0 Å². The van der Waals surface area contributed by atoms with E-state index in [2.05, 4.69) is 22.1 Å². The van der Waals surface area contributed by atoms with Gasteiger partial charge < -0.3 is 19.1 Å². The second-order valence-electron chi connectivity index (χ2n) is 8.78. The summed E-state index contributed by atoms with van der Waals surface area (Å²) in [7, 11) is 1.64. The fourth-order valence-corrected chi connectivity index (χ4v) is 4.76. The van der Waals surface area contributed by atoms with Gasteiger partial charge in [-0.25, -0.2) is 4.68 Å². The lowest BCUT2D eigenvalue weighted by molar-refractivity contribution is 0.0469. The van der Waals surface area contributed by atoms with Crippen molar-refractivity contribution in [3.8, 4) is 17.2 Å². The van der Waals surface area contributed by atoms with Crippen LogP contribution in [0.1, 0.15) is 28.5 Å². The van der Waals surface area contributed by atoms with E-state index in [4.69, 9.17) is 25.8 Å². The van der Waals surface area contributed by atoms with Crippen LogP contribution in [-0.4, -0.2) is 70.1 Å². The molecule has 3 aliphatic rings. The van der Waals surface area contributed by atoms with Gasteiger partial charge in [0.15, 0.2) is 11.5 Å². The standard InChI is InChI=1S/C25H28ClN5O4/c1-17-13-29-8-9-31(17)25(32)21-12-19(26)6-7-22(21)34-11-10-30-15-20(27-28-30)16-35-24-18(14-29)4-3-5-23(24)33-2/h3-7,12,15,17H,8-11,13-14,16H2,1-2H3. The van der Waals surface area contributed by atoms with Gasteiger partial charge in [0.1, 0.15) is 24.7 Å². The molecule has 4 heterocycles. The van der Waals surface area contributed by atoms with Gasteiger partial charge in [0.05, 0.1) is 25.4 Å². The number of benzene rings is 2. The molecule has 0 spiro atoms. The van der Waals surface area contributed by atoms with Crippen LogP contribution in [-0.2, 0) is 19.7 Å². The molecule has 6 rings (SSSR count). The number of fused-ring (bicyclic) bond motifs is 5. The first-order valence-electron chi connectivity index (χ1n) is 11.6. The monoisotopic (exact) mass is 497 g/mol. The van der Waals surface area contributed by atoms with Gasteiger partial charge in [-0.15, -0.1) is 5.10 Å². The summed E-state index contributed by atoms with van der Waals surface area (Å²) in [5.74, 6) is 1.81. The van der Waals surface area contributed by atoms with Crippen molar-refractivity contribution >= 4 is 17.5 Å². The van der Waals surface area contributed by atoms with E-state index >= 15 is 0 Å². The third-order valence-electron chi connectivity index (χ3n) is 6.35. The second kappa shape index (κ2) is 10.1. The molecule has 2 unspecified atom stereocenters. The fourth-order valence-electron chi connectivity index (χ4n) is 4.59. The number of halogens is 1. The molecule has 0 aliphatic carbocycles. The molecule has 0 radical (unpaired) electrons. The zero-order valence-electron chi connectivity index (χ0n) is 19.8. The molecule has 9 nitrogen and oxygen atoms in total. The van der Waals surface area contributed by atoms with Crippen LogP contribution in [0.25, 0.3) is 0 Å². The molecule has 10 heteroatoms. The number of carbonyl (C=O) groups excluding carboxylic acids is 1. The molecule has 1 aromatic heterocycles. The lowest BCUT2D eigenvalue weighted by atomic mass is 10.1. The van der Waals surface area contributed by atoms with Crippen molar-refractivity contribution in [3.63, 3.8) is 0 Å².